The van der Waals surface area contributed by atoms with E-state index in [9.17, 15) is 0 Å². The zero-order valence-corrected chi connectivity index (χ0v) is 9.82. The van der Waals surface area contributed by atoms with Gasteiger partial charge in [0.25, 0.3) is 0 Å². The molecule has 0 saturated heterocycles. The van der Waals surface area contributed by atoms with Crippen LogP contribution in [-0.4, -0.2) is 21.6 Å². The van der Waals surface area contributed by atoms with Gasteiger partial charge in [0, 0.05) is 0 Å². The van der Waals surface area contributed by atoms with E-state index < -0.39 is 0 Å². The van der Waals surface area contributed by atoms with E-state index in [1.54, 1.807) is 0 Å². The van der Waals surface area contributed by atoms with Crippen molar-refractivity contribution in [2.24, 2.45) is 0 Å². The van der Waals surface area contributed by atoms with Crippen molar-refractivity contribution >= 4 is 21.1 Å². The lowest BCUT2D eigenvalue weighted by atomic mass is 10.2. The lowest BCUT2D eigenvalue weighted by molar-refractivity contribution is 0.534. The summed E-state index contributed by atoms with van der Waals surface area (Å²) >= 11 is 6.13. The Bertz CT molecular complexity index is 125. The van der Waals surface area contributed by atoms with Crippen molar-refractivity contribution < 1.29 is 0 Å². The van der Waals surface area contributed by atoms with Gasteiger partial charge in [-0.2, -0.15) is 0 Å². The number of alkyl halides is 1. The summed E-state index contributed by atoms with van der Waals surface area (Å²) in [5.41, 5.74) is 2.14. The molecule has 1 N–H and O–H groups in total. The van der Waals surface area contributed by atoms with Gasteiger partial charge in [-0.15, -0.1) is 23.9 Å². The molecule has 0 aromatic rings. The summed E-state index contributed by atoms with van der Waals surface area (Å²) in [7, 11) is -0.249. The van der Waals surface area contributed by atoms with Crippen molar-refractivity contribution in [3.8, 4) is 0 Å². The van der Waals surface area contributed by atoms with Crippen molar-refractivity contribution in [3.63, 3.8) is 0 Å². The van der Waals surface area contributed by atoms with Crippen LogP contribution in [0, 0.1) is 0 Å². The van der Waals surface area contributed by atoms with Gasteiger partial charge in [0.2, 0.25) is 0 Å². The minimum Gasteiger partial charge on any atom is -0.301 e. The van der Waals surface area contributed by atoms with E-state index in [-0.39, 0.29) is 20.1 Å². The SMILES string of the molecule is C=C[SiH2]C(C)(C)C(Cl)NCC. The molecule has 0 aromatic heterocycles. The molecule has 0 radical (unpaired) electrons. The number of hydrogen-bond donors (Lipinski definition) is 1. The third kappa shape index (κ3) is 3.94. The zero-order chi connectivity index (χ0) is 8.91. The second-order valence-corrected chi connectivity index (χ2v) is 6.65. The summed E-state index contributed by atoms with van der Waals surface area (Å²) in [6.45, 7) is 11.2. The molecule has 0 bridgehead atoms. The van der Waals surface area contributed by atoms with E-state index in [2.05, 4.69) is 32.7 Å². The Morgan fingerprint density at radius 3 is 2.64 bits per heavy atom. The molecule has 1 atom stereocenters. The fourth-order valence-electron chi connectivity index (χ4n) is 0.931. The smallest absolute Gasteiger partial charge is 0.0850 e. The molecule has 0 fully saturated rings. The topological polar surface area (TPSA) is 12.0 Å². The van der Waals surface area contributed by atoms with E-state index in [0.717, 1.165) is 6.54 Å². The molecule has 0 aliphatic rings. The van der Waals surface area contributed by atoms with Crippen molar-refractivity contribution in [3.05, 3.63) is 12.3 Å². The second-order valence-electron chi connectivity index (χ2n) is 3.40. The first-order valence-corrected chi connectivity index (χ1v) is 5.99. The summed E-state index contributed by atoms with van der Waals surface area (Å²) in [4.78, 5) is 0. The largest absolute Gasteiger partial charge is 0.301 e. The number of hydrogen-bond acceptors (Lipinski definition) is 1. The quantitative estimate of drug-likeness (QED) is 0.396. The van der Waals surface area contributed by atoms with E-state index in [4.69, 9.17) is 11.6 Å². The van der Waals surface area contributed by atoms with Gasteiger partial charge in [0.1, 0.15) is 0 Å². The minimum absolute atomic E-state index is 0.0946. The molecule has 0 spiro atoms. The first kappa shape index (κ1) is 11.2. The molecular weight excluding hydrogens is 174 g/mol. The van der Waals surface area contributed by atoms with E-state index >= 15 is 0 Å². The maximum Gasteiger partial charge on any atom is 0.0850 e. The maximum atomic E-state index is 6.13. The van der Waals surface area contributed by atoms with Crippen LogP contribution >= 0.6 is 11.6 Å². The number of rotatable bonds is 5. The van der Waals surface area contributed by atoms with Crippen LogP contribution in [-0.2, 0) is 0 Å². The predicted octanol–water partition coefficient (Wildman–Crippen LogP) is 1.67. The highest BCUT2D eigenvalue weighted by Crippen LogP contribution is 2.30. The summed E-state index contributed by atoms with van der Waals surface area (Å²) in [5.74, 6) is 0. The number of halogens is 1. The fourth-order valence-corrected chi connectivity index (χ4v) is 2.45. The molecule has 1 nitrogen and oxygen atoms in total. The average molecular weight is 192 g/mol. The predicted molar refractivity (Wildman–Crippen MR) is 56.1 cm³/mol. The van der Waals surface area contributed by atoms with Crippen molar-refractivity contribution in [1.82, 2.24) is 5.32 Å². The highest BCUT2D eigenvalue weighted by Gasteiger charge is 2.25. The average Bonchev–Trinajstić information content (AvgIpc) is 1.88. The molecule has 0 heterocycles. The van der Waals surface area contributed by atoms with Gasteiger partial charge in [-0.3, -0.25) is 0 Å². The van der Waals surface area contributed by atoms with Crippen LogP contribution in [0.4, 0.5) is 0 Å². The molecule has 3 heteroatoms. The first-order valence-electron chi connectivity index (χ1n) is 4.03. The van der Waals surface area contributed by atoms with Crippen molar-refractivity contribution in [1.29, 1.82) is 0 Å². The summed E-state index contributed by atoms with van der Waals surface area (Å²) in [6.07, 6.45) is 0. The minimum atomic E-state index is -0.249. The van der Waals surface area contributed by atoms with Crippen LogP contribution in [0.2, 0.25) is 5.04 Å². The third-order valence-corrected chi connectivity index (χ3v) is 4.49. The van der Waals surface area contributed by atoms with E-state index in [1.807, 2.05) is 5.70 Å². The Morgan fingerprint density at radius 2 is 2.27 bits per heavy atom. The third-order valence-electron chi connectivity index (χ3n) is 1.74. The summed E-state index contributed by atoms with van der Waals surface area (Å²) in [6, 6.07) is 0. The number of nitrogens with one attached hydrogen (secondary N) is 1. The monoisotopic (exact) mass is 191 g/mol. The molecule has 0 aliphatic heterocycles. The van der Waals surface area contributed by atoms with Gasteiger partial charge < -0.3 is 5.32 Å². The summed E-state index contributed by atoms with van der Waals surface area (Å²) in [5, 5.41) is 3.46. The normalized spacial score (nSPS) is 15.6. The molecule has 0 amide bonds. The van der Waals surface area contributed by atoms with Gasteiger partial charge in [-0.05, 0) is 11.6 Å². The molecule has 0 rings (SSSR count). The highest BCUT2D eigenvalue weighted by molar-refractivity contribution is 6.48. The Balaban J connectivity index is 3.93. The molecule has 11 heavy (non-hydrogen) atoms. The van der Waals surface area contributed by atoms with Crippen LogP contribution in [0.25, 0.3) is 0 Å². The van der Waals surface area contributed by atoms with Crippen molar-refractivity contribution in [2.45, 2.75) is 31.3 Å². The van der Waals surface area contributed by atoms with Crippen LogP contribution in [0.1, 0.15) is 20.8 Å². The van der Waals surface area contributed by atoms with E-state index in [1.165, 1.54) is 0 Å². The van der Waals surface area contributed by atoms with Crippen LogP contribution < -0.4 is 5.32 Å². The standard InChI is InChI=1S/C8H18ClNSi/c1-5-10-7(9)8(3,4)11-6-2/h6-7,10H,2,5,11H2,1,3-4H3. The second kappa shape index (κ2) is 4.96. The van der Waals surface area contributed by atoms with Gasteiger partial charge in [-0.25, -0.2) is 0 Å². The van der Waals surface area contributed by atoms with Gasteiger partial charge in [-0.1, -0.05) is 20.8 Å². The van der Waals surface area contributed by atoms with Gasteiger partial charge >= 0.3 is 0 Å². The zero-order valence-electron chi connectivity index (χ0n) is 7.65. The molecule has 0 aliphatic carbocycles. The van der Waals surface area contributed by atoms with E-state index in [0.29, 0.717) is 0 Å². The van der Waals surface area contributed by atoms with Crippen LogP contribution in [0.5, 0.6) is 0 Å². The lowest BCUT2D eigenvalue weighted by Gasteiger charge is -2.28. The molecular formula is C8H18ClNSi. The Kier molecular flexibility index (Phi) is 5.05. The van der Waals surface area contributed by atoms with Crippen molar-refractivity contribution in [2.75, 3.05) is 6.54 Å². The first-order chi connectivity index (χ1) is 5.04. The highest BCUT2D eigenvalue weighted by atomic mass is 35.5. The molecule has 0 aromatic carbocycles. The Morgan fingerprint density at radius 1 is 1.73 bits per heavy atom. The van der Waals surface area contributed by atoms with Crippen LogP contribution in [0.15, 0.2) is 12.3 Å². The van der Waals surface area contributed by atoms with Gasteiger partial charge in [0.05, 0.1) is 15.0 Å². The fraction of sp³-hybridized carbons (Fsp3) is 0.750. The summed E-state index contributed by atoms with van der Waals surface area (Å²) < 4.78 is 0. The molecule has 1 unspecified atom stereocenters. The Hall–Kier alpha value is 0.207. The Labute approximate surface area is 77.0 Å². The maximum absolute atomic E-state index is 6.13. The van der Waals surface area contributed by atoms with Gasteiger partial charge in [0.15, 0.2) is 0 Å². The molecule has 0 saturated carbocycles. The lowest BCUT2D eigenvalue weighted by Crippen LogP contribution is -2.35. The molecule has 66 valence electrons. The van der Waals surface area contributed by atoms with Crippen LogP contribution in [0.3, 0.4) is 0 Å².